The average molecular weight is 373 g/mol. The highest BCUT2D eigenvalue weighted by Crippen LogP contribution is 2.27. The molecule has 0 spiro atoms. The molecule has 1 aliphatic heterocycles. The van der Waals surface area contributed by atoms with Gasteiger partial charge in [-0.3, -0.25) is 9.59 Å². The normalized spacial score (nSPS) is 16.6. The molecule has 1 N–H and O–H groups in total. The Morgan fingerprint density at radius 1 is 1.23 bits per heavy atom. The van der Waals surface area contributed by atoms with Gasteiger partial charge in [0, 0.05) is 24.5 Å². The van der Waals surface area contributed by atoms with Crippen molar-refractivity contribution in [1.29, 1.82) is 0 Å². The third-order valence-electron chi connectivity index (χ3n) is 4.35. The molecule has 1 unspecified atom stereocenters. The number of amides is 2. The average Bonchev–Trinajstić information content (AvgIpc) is 3.00. The fourth-order valence-corrected chi connectivity index (χ4v) is 3.21. The van der Waals surface area contributed by atoms with Gasteiger partial charge in [0.1, 0.15) is 5.75 Å². The molecule has 0 aromatic heterocycles. The number of ether oxygens (including phenoxy) is 1. The Balaban J connectivity index is 1.65. The first-order valence-corrected chi connectivity index (χ1v) is 9.00. The van der Waals surface area contributed by atoms with E-state index in [-0.39, 0.29) is 24.2 Å². The fourth-order valence-electron chi connectivity index (χ4n) is 3.02. The molecule has 0 bridgehead atoms. The van der Waals surface area contributed by atoms with Crippen LogP contribution in [-0.4, -0.2) is 29.9 Å². The van der Waals surface area contributed by atoms with E-state index in [2.05, 4.69) is 5.32 Å². The second-order valence-corrected chi connectivity index (χ2v) is 6.59. The van der Waals surface area contributed by atoms with E-state index >= 15 is 0 Å². The molecule has 26 heavy (non-hydrogen) atoms. The SMILES string of the molecule is CCOc1ccccc1NC(=O)C1CC(=O)N(Cc2ccccc2Cl)C1. The van der Waals surface area contributed by atoms with E-state index in [0.717, 1.165) is 5.56 Å². The van der Waals surface area contributed by atoms with Crippen molar-refractivity contribution >= 4 is 29.1 Å². The number of hydrogen-bond acceptors (Lipinski definition) is 3. The van der Waals surface area contributed by atoms with E-state index in [9.17, 15) is 9.59 Å². The lowest BCUT2D eigenvalue weighted by molar-refractivity contribution is -0.128. The lowest BCUT2D eigenvalue weighted by Gasteiger charge is -2.18. The van der Waals surface area contributed by atoms with Crippen molar-refractivity contribution in [2.45, 2.75) is 19.9 Å². The first-order chi connectivity index (χ1) is 12.6. The molecule has 1 atom stereocenters. The molecule has 2 aromatic rings. The number of halogens is 1. The molecule has 5 nitrogen and oxygen atoms in total. The van der Waals surface area contributed by atoms with Crippen molar-refractivity contribution in [2.24, 2.45) is 5.92 Å². The van der Waals surface area contributed by atoms with E-state index in [0.29, 0.717) is 36.2 Å². The minimum atomic E-state index is -0.389. The molecule has 1 fully saturated rings. The summed E-state index contributed by atoms with van der Waals surface area (Å²) >= 11 is 6.17. The highest BCUT2D eigenvalue weighted by molar-refractivity contribution is 6.31. The van der Waals surface area contributed by atoms with Crippen LogP contribution >= 0.6 is 11.6 Å². The molecule has 1 aliphatic rings. The van der Waals surface area contributed by atoms with Gasteiger partial charge in [-0.1, -0.05) is 41.9 Å². The summed E-state index contributed by atoms with van der Waals surface area (Å²) in [6.07, 6.45) is 0.201. The van der Waals surface area contributed by atoms with Crippen LogP contribution in [0.15, 0.2) is 48.5 Å². The van der Waals surface area contributed by atoms with Crippen molar-refractivity contribution in [3.05, 3.63) is 59.1 Å². The summed E-state index contributed by atoms with van der Waals surface area (Å²) < 4.78 is 5.53. The van der Waals surface area contributed by atoms with Gasteiger partial charge in [-0.05, 0) is 30.7 Å². The molecule has 0 radical (unpaired) electrons. The van der Waals surface area contributed by atoms with E-state index < -0.39 is 0 Å². The first-order valence-electron chi connectivity index (χ1n) is 8.62. The van der Waals surface area contributed by atoms with Crippen LogP contribution in [0, 0.1) is 5.92 Å². The zero-order valence-electron chi connectivity index (χ0n) is 14.6. The van der Waals surface area contributed by atoms with E-state index in [1.54, 1.807) is 17.0 Å². The Morgan fingerprint density at radius 3 is 2.73 bits per heavy atom. The monoisotopic (exact) mass is 372 g/mol. The number of para-hydroxylation sites is 2. The molecule has 0 aliphatic carbocycles. The Labute approximate surface area is 157 Å². The number of hydrogen-bond donors (Lipinski definition) is 1. The summed E-state index contributed by atoms with van der Waals surface area (Å²) in [7, 11) is 0. The number of carbonyl (C=O) groups is 2. The quantitative estimate of drug-likeness (QED) is 0.840. The van der Waals surface area contributed by atoms with E-state index in [4.69, 9.17) is 16.3 Å². The summed E-state index contributed by atoms with van der Waals surface area (Å²) in [5.74, 6) is 0.0237. The number of anilines is 1. The standard InChI is InChI=1S/C20H21ClN2O3/c1-2-26-18-10-6-5-9-17(18)22-20(25)15-11-19(24)23(13-15)12-14-7-3-4-8-16(14)21/h3-10,15H,2,11-13H2,1H3,(H,22,25). The lowest BCUT2D eigenvalue weighted by Crippen LogP contribution is -2.28. The summed E-state index contributed by atoms with van der Waals surface area (Å²) in [4.78, 5) is 26.6. The topological polar surface area (TPSA) is 58.6 Å². The maximum atomic E-state index is 12.6. The molecule has 1 saturated heterocycles. The zero-order valence-corrected chi connectivity index (χ0v) is 15.3. The minimum absolute atomic E-state index is 0.0387. The van der Waals surface area contributed by atoms with Crippen molar-refractivity contribution in [1.82, 2.24) is 4.90 Å². The van der Waals surface area contributed by atoms with Crippen LogP contribution in [0.3, 0.4) is 0 Å². The van der Waals surface area contributed by atoms with Crippen LogP contribution < -0.4 is 10.1 Å². The number of carbonyl (C=O) groups excluding carboxylic acids is 2. The molecule has 2 amide bonds. The molecule has 6 heteroatoms. The lowest BCUT2D eigenvalue weighted by atomic mass is 10.1. The summed E-state index contributed by atoms with van der Waals surface area (Å²) in [5.41, 5.74) is 1.50. The van der Waals surface area contributed by atoms with E-state index in [1.165, 1.54) is 0 Å². The fraction of sp³-hybridized carbons (Fsp3) is 0.300. The third-order valence-corrected chi connectivity index (χ3v) is 4.72. The Hall–Kier alpha value is -2.53. The van der Waals surface area contributed by atoms with Gasteiger partial charge < -0.3 is 15.0 Å². The third kappa shape index (κ3) is 4.17. The summed E-state index contributed by atoms with van der Waals surface area (Å²) in [5, 5.41) is 3.51. The van der Waals surface area contributed by atoms with Crippen LogP contribution in [0.25, 0.3) is 0 Å². The molecule has 0 saturated carbocycles. The van der Waals surface area contributed by atoms with Gasteiger partial charge in [0.25, 0.3) is 0 Å². The molecule has 2 aromatic carbocycles. The predicted octanol–water partition coefficient (Wildman–Crippen LogP) is 3.73. The molecular weight excluding hydrogens is 352 g/mol. The molecule has 136 valence electrons. The summed E-state index contributed by atoms with van der Waals surface area (Å²) in [6, 6.07) is 14.7. The largest absolute Gasteiger partial charge is 0.492 e. The van der Waals surface area contributed by atoms with Gasteiger partial charge in [0.2, 0.25) is 11.8 Å². The van der Waals surface area contributed by atoms with Crippen LogP contribution in [0.1, 0.15) is 18.9 Å². The second-order valence-electron chi connectivity index (χ2n) is 6.19. The van der Waals surface area contributed by atoms with Crippen LogP contribution in [0.4, 0.5) is 5.69 Å². The number of likely N-dealkylation sites (tertiary alicyclic amines) is 1. The predicted molar refractivity (Wildman–Crippen MR) is 101 cm³/mol. The molecule has 1 heterocycles. The smallest absolute Gasteiger partial charge is 0.229 e. The number of nitrogens with one attached hydrogen (secondary N) is 1. The van der Waals surface area contributed by atoms with Gasteiger partial charge >= 0.3 is 0 Å². The Bertz CT molecular complexity index is 809. The van der Waals surface area contributed by atoms with Gasteiger partial charge in [-0.2, -0.15) is 0 Å². The van der Waals surface area contributed by atoms with E-state index in [1.807, 2.05) is 43.3 Å². The Morgan fingerprint density at radius 2 is 1.96 bits per heavy atom. The van der Waals surface area contributed by atoms with Crippen LogP contribution in [0.5, 0.6) is 5.75 Å². The van der Waals surface area contributed by atoms with Crippen LogP contribution in [0.2, 0.25) is 5.02 Å². The minimum Gasteiger partial charge on any atom is -0.492 e. The van der Waals surface area contributed by atoms with Gasteiger partial charge in [0.05, 0.1) is 18.2 Å². The number of benzene rings is 2. The maximum absolute atomic E-state index is 12.6. The van der Waals surface area contributed by atoms with Gasteiger partial charge in [-0.15, -0.1) is 0 Å². The number of nitrogens with zero attached hydrogens (tertiary/aromatic N) is 1. The van der Waals surface area contributed by atoms with Crippen molar-refractivity contribution in [2.75, 3.05) is 18.5 Å². The van der Waals surface area contributed by atoms with Crippen molar-refractivity contribution < 1.29 is 14.3 Å². The number of rotatable bonds is 6. The maximum Gasteiger partial charge on any atom is 0.229 e. The molecule has 3 rings (SSSR count). The van der Waals surface area contributed by atoms with Crippen molar-refractivity contribution in [3.8, 4) is 5.75 Å². The van der Waals surface area contributed by atoms with Crippen LogP contribution in [-0.2, 0) is 16.1 Å². The zero-order chi connectivity index (χ0) is 18.5. The van der Waals surface area contributed by atoms with Gasteiger partial charge in [-0.25, -0.2) is 0 Å². The van der Waals surface area contributed by atoms with Gasteiger partial charge in [0.15, 0.2) is 0 Å². The van der Waals surface area contributed by atoms with Crippen molar-refractivity contribution in [3.63, 3.8) is 0 Å². The summed E-state index contributed by atoms with van der Waals surface area (Å²) in [6.45, 7) is 3.20. The highest BCUT2D eigenvalue weighted by atomic mass is 35.5. The molecular formula is C20H21ClN2O3. The highest BCUT2D eigenvalue weighted by Gasteiger charge is 2.34. The Kier molecular flexibility index (Phi) is 5.78. The first kappa shape index (κ1) is 18.3. The second kappa shape index (κ2) is 8.23.